The van der Waals surface area contributed by atoms with Crippen LogP contribution in [0.2, 0.25) is 0 Å². The minimum Gasteiger partial charge on any atom is -0.380 e. The van der Waals surface area contributed by atoms with E-state index < -0.39 is 0 Å². The van der Waals surface area contributed by atoms with Crippen molar-refractivity contribution < 1.29 is 13.9 Å². The number of hydrogen-bond donors (Lipinski definition) is 2. The molecule has 0 unspecified atom stereocenters. The molecule has 3 N–H and O–H groups in total. The summed E-state index contributed by atoms with van der Waals surface area (Å²) in [6, 6.07) is 4.31. The number of nitrogens with one attached hydrogen (secondary N) is 1. The Hall–Kier alpha value is -1.46. The third-order valence-electron chi connectivity index (χ3n) is 2.43. The minimum atomic E-state index is -0.304. The molecule has 0 fully saturated rings. The average molecular weight is 254 g/mol. The second-order valence-corrected chi connectivity index (χ2v) is 3.97. The number of carbonyl (C=O) groups excluding carboxylic acids is 1. The van der Waals surface area contributed by atoms with Crippen molar-refractivity contribution in [3.05, 3.63) is 35.1 Å². The van der Waals surface area contributed by atoms with Crippen LogP contribution >= 0.6 is 0 Å². The van der Waals surface area contributed by atoms with Crippen molar-refractivity contribution in [2.45, 2.75) is 13.3 Å². The fourth-order valence-electron chi connectivity index (χ4n) is 1.45. The number of carbonyl (C=O) groups is 1. The smallest absolute Gasteiger partial charge is 0.251 e. The molecule has 0 spiro atoms. The first kappa shape index (κ1) is 14.6. The van der Waals surface area contributed by atoms with Crippen LogP contribution in [-0.2, 0) is 4.74 Å². The second-order valence-electron chi connectivity index (χ2n) is 3.97. The highest BCUT2D eigenvalue weighted by Gasteiger charge is 2.06. The van der Waals surface area contributed by atoms with E-state index in [9.17, 15) is 9.18 Å². The van der Waals surface area contributed by atoms with E-state index in [0.29, 0.717) is 37.4 Å². The van der Waals surface area contributed by atoms with Crippen LogP contribution in [0.3, 0.4) is 0 Å². The average Bonchev–Trinajstić information content (AvgIpc) is 2.36. The van der Waals surface area contributed by atoms with Crippen LogP contribution in [0.25, 0.3) is 0 Å². The summed E-state index contributed by atoms with van der Waals surface area (Å²) in [5.41, 5.74) is 6.20. The van der Waals surface area contributed by atoms with Crippen LogP contribution in [0.4, 0.5) is 4.39 Å². The number of amides is 1. The number of halogens is 1. The zero-order chi connectivity index (χ0) is 13.4. The Bertz CT molecular complexity index is 397. The van der Waals surface area contributed by atoms with Crippen molar-refractivity contribution in [1.29, 1.82) is 0 Å². The van der Waals surface area contributed by atoms with Crippen LogP contribution in [0.15, 0.2) is 18.2 Å². The maximum absolute atomic E-state index is 13.0. The molecule has 0 aromatic heterocycles. The monoisotopic (exact) mass is 254 g/mol. The molecular weight excluding hydrogens is 235 g/mol. The van der Waals surface area contributed by atoms with Crippen LogP contribution in [0.5, 0.6) is 0 Å². The van der Waals surface area contributed by atoms with E-state index in [0.717, 1.165) is 6.42 Å². The van der Waals surface area contributed by atoms with Gasteiger partial charge in [0.1, 0.15) is 5.82 Å². The fraction of sp³-hybridized carbons (Fsp3) is 0.462. The first-order valence-electron chi connectivity index (χ1n) is 5.97. The predicted molar refractivity (Wildman–Crippen MR) is 68.0 cm³/mol. The van der Waals surface area contributed by atoms with Gasteiger partial charge in [0.15, 0.2) is 0 Å². The molecule has 0 saturated heterocycles. The molecule has 0 atom stereocenters. The molecule has 0 aliphatic carbocycles. The van der Waals surface area contributed by atoms with Crippen LogP contribution in [-0.4, -0.2) is 32.2 Å². The number of aryl methyl sites for hydroxylation is 1. The van der Waals surface area contributed by atoms with Gasteiger partial charge < -0.3 is 15.8 Å². The van der Waals surface area contributed by atoms with Gasteiger partial charge in [-0.15, -0.1) is 0 Å². The Balaban J connectivity index is 2.30. The third-order valence-corrected chi connectivity index (χ3v) is 2.43. The number of benzene rings is 1. The summed E-state index contributed by atoms with van der Waals surface area (Å²) in [4.78, 5) is 11.7. The van der Waals surface area contributed by atoms with Crippen molar-refractivity contribution >= 4 is 5.91 Å². The highest BCUT2D eigenvalue weighted by Crippen LogP contribution is 2.08. The van der Waals surface area contributed by atoms with Gasteiger partial charge in [-0.1, -0.05) is 0 Å². The van der Waals surface area contributed by atoms with Gasteiger partial charge in [-0.25, -0.2) is 4.39 Å². The SMILES string of the molecule is Cc1cc(C(=O)NCCCOCCN)ccc1F. The molecule has 1 aromatic carbocycles. The van der Waals surface area contributed by atoms with E-state index in [4.69, 9.17) is 10.5 Å². The van der Waals surface area contributed by atoms with Crippen LogP contribution in [0, 0.1) is 12.7 Å². The van der Waals surface area contributed by atoms with Crippen molar-refractivity contribution in [3.8, 4) is 0 Å². The van der Waals surface area contributed by atoms with E-state index in [2.05, 4.69) is 5.32 Å². The maximum atomic E-state index is 13.0. The molecule has 100 valence electrons. The highest BCUT2D eigenvalue weighted by atomic mass is 19.1. The summed E-state index contributed by atoms with van der Waals surface area (Å²) < 4.78 is 18.2. The van der Waals surface area contributed by atoms with Gasteiger partial charge in [-0.05, 0) is 37.1 Å². The molecule has 1 rings (SSSR count). The van der Waals surface area contributed by atoms with E-state index in [1.54, 1.807) is 6.92 Å². The van der Waals surface area contributed by atoms with E-state index in [-0.39, 0.29) is 11.7 Å². The second kappa shape index (κ2) is 7.79. The van der Waals surface area contributed by atoms with Crippen LogP contribution < -0.4 is 11.1 Å². The lowest BCUT2D eigenvalue weighted by molar-refractivity contribution is 0.0943. The highest BCUT2D eigenvalue weighted by molar-refractivity contribution is 5.94. The lowest BCUT2D eigenvalue weighted by Crippen LogP contribution is -2.25. The Morgan fingerprint density at radius 1 is 1.44 bits per heavy atom. The topological polar surface area (TPSA) is 64.3 Å². The summed E-state index contributed by atoms with van der Waals surface area (Å²) in [5, 5.41) is 2.75. The summed E-state index contributed by atoms with van der Waals surface area (Å²) in [5.74, 6) is -0.501. The quantitative estimate of drug-likeness (QED) is 0.719. The third kappa shape index (κ3) is 4.81. The van der Waals surface area contributed by atoms with Gasteiger partial charge in [0, 0.05) is 25.3 Å². The summed E-state index contributed by atoms with van der Waals surface area (Å²) in [6.07, 6.45) is 0.728. The molecule has 0 radical (unpaired) electrons. The minimum absolute atomic E-state index is 0.197. The first-order valence-corrected chi connectivity index (χ1v) is 5.97. The van der Waals surface area contributed by atoms with E-state index in [1.165, 1.54) is 18.2 Å². The van der Waals surface area contributed by atoms with Crippen molar-refractivity contribution in [2.75, 3.05) is 26.3 Å². The van der Waals surface area contributed by atoms with Crippen molar-refractivity contribution in [3.63, 3.8) is 0 Å². The first-order chi connectivity index (χ1) is 8.65. The molecule has 18 heavy (non-hydrogen) atoms. The van der Waals surface area contributed by atoms with Gasteiger partial charge in [-0.2, -0.15) is 0 Å². The zero-order valence-electron chi connectivity index (χ0n) is 10.5. The Morgan fingerprint density at radius 2 is 2.22 bits per heavy atom. The molecule has 0 aliphatic heterocycles. The Morgan fingerprint density at radius 3 is 2.89 bits per heavy atom. The normalized spacial score (nSPS) is 10.4. The summed E-state index contributed by atoms with van der Waals surface area (Å²) in [6.45, 7) is 3.76. The van der Waals surface area contributed by atoms with Crippen molar-refractivity contribution in [1.82, 2.24) is 5.32 Å². The largest absolute Gasteiger partial charge is 0.380 e. The van der Waals surface area contributed by atoms with Gasteiger partial charge in [0.25, 0.3) is 5.91 Å². The lowest BCUT2D eigenvalue weighted by Gasteiger charge is -2.06. The fourth-order valence-corrected chi connectivity index (χ4v) is 1.45. The Labute approximate surface area is 106 Å². The number of ether oxygens (including phenoxy) is 1. The maximum Gasteiger partial charge on any atom is 0.251 e. The molecule has 1 aromatic rings. The Kier molecular flexibility index (Phi) is 6.32. The summed E-state index contributed by atoms with van der Waals surface area (Å²) >= 11 is 0. The standard InChI is InChI=1S/C13H19FN2O2/c1-10-9-11(3-4-12(10)14)13(17)16-6-2-7-18-8-5-15/h3-4,9H,2,5-8,15H2,1H3,(H,16,17). The molecule has 0 heterocycles. The molecule has 4 nitrogen and oxygen atoms in total. The molecule has 1 amide bonds. The van der Waals surface area contributed by atoms with Gasteiger partial charge in [0.05, 0.1) is 6.61 Å². The molecule has 0 bridgehead atoms. The lowest BCUT2D eigenvalue weighted by atomic mass is 10.1. The van der Waals surface area contributed by atoms with E-state index in [1.807, 2.05) is 0 Å². The predicted octanol–water partition coefficient (Wildman–Crippen LogP) is 1.23. The molecular formula is C13H19FN2O2. The molecule has 0 aliphatic rings. The van der Waals surface area contributed by atoms with Crippen molar-refractivity contribution in [2.24, 2.45) is 5.73 Å². The summed E-state index contributed by atoms with van der Waals surface area (Å²) in [7, 11) is 0. The van der Waals surface area contributed by atoms with E-state index >= 15 is 0 Å². The van der Waals surface area contributed by atoms with Gasteiger partial charge in [0.2, 0.25) is 0 Å². The number of hydrogen-bond acceptors (Lipinski definition) is 3. The number of rotatable bonds is 7. The van der Waals surface area contributed by atoms with Crippen LogP contribution in [0.1, 0.15) is 22.3 Å². The molecule has 5 heteroatoms. The zero-order valence-corrected chi connectivity index (χ0v) is 10.5. The van der Waals surface area contributed by atoms with Gasteiger partial charge >= 0.3 is 0 Å². The van der Waals surface area contributed by atoms with Gasteiger partial charge in [-0.3, -0.25) is 4.79 Å². The molecule has 0 saturated carbocycles. The number of nitrogens with two attached hydrogens (primary N) is 1.